The molecule has 2 fully saturated rings. The molecular weight excluding hydrogens is 370 g/mol. The number of nitrogens with one attached hydrogen (secondary N) is 2. The lowest BCUT2D eigenvalue weighted by atomic mass is 9.83. The Morgan fingerprint density at radius 1 is 1.00 bits per heavy atom. The number of benzene rings is 1. The molecule has 2 saturated heterocycles. The minimum Gasteiger partial charge on any atom is -0.347 e. The van der Waals surface area contributed by atoms with E-state index in [1.807, 2.05) is 0 Å². The first-order chi connectivity index (χ1) is 14.0. The fraction of sp³-hybridized carbons (Fsp3) is 0.571. The second-order valence-electron chi connectivity index (χ2n) is 8.27. The molecule has 2 N–H and O–H groups in total. The highest BCUT2D eigenvalue weighted by Gasteiger charge is 2.33. The number of anilines is 1. The van der Waals surface area contributed by atoms with Crippen LogP contribution in [0, 0.1) is 5.92 Å². The quantitative estimate of drug-likeness (QED) is 0.759. The molecule has 2 aromatic rings. The van der Waals surface area contributed by atoms with Gasteiger partial charge in [0.2, 0.25) is 0 Å². The monoisotopic (exact) mass is 399 g/mol. The van der Waals surface area contributed by atoms with Crippen molar-refractivity contribution in [1.82, 2.24) is 19.4 Å². The minimum absolute atomic E-state index is 0.134. The van der Waals surface area contributed by atoms with Crippen molar-refractivity contribution in [3.63, 3.8) is 0 Å². The lowest BCUT2D eigenvalue weighted by Crippen LogP contribution is -2.51. The molecule has 2 aliphatic heterocycles. The number of aryl methyl sites for hydroxylation is 2. The summed E-state index contributed by atoms with van der Waals surface area (Å²) in [7, 11) is 3.39. The van der Waals surface area contributed by atoms with Crippen LogP contribution < -0.4 is 16.3 Å². The van der Waals surface area contributed by atoms with Gasteiger partial charge in [-0.15, -0.1) is 0 Å². The summed E-state index contributed by atoms with van der Waals surface area (Å²) in [6, 6.07) is 5.71. The van der Waals surface area contributed by atoms with Crippen LogP contribution in [-0.2, 0) is 23.7 Å². The standard InChI is InChI=1S/C21H29N5O3/c1-24-17-9-8-15(12-18(17)25(2)21(24)29)23-20(28)19(27)22-13-14-6-5-11-26-10-4-3-7-16(14)26/h8-9,12,14,16H,3-7,10-11,13H2,1-2H3,(H,22,27)(H,23,28)/t14-,16+/m0/s1. The van der Waals surface area contributed by atoms with Crippen molar-refractivity contribution in [3.8, 4) is 0 Å². The summed E-state index contributed by atoms with van der Waals surface area (Å²) in [6.45, 7) is 2.85. The van der Waals surface area contributed by atoms with Crippen molar-refractivity contribution in [2.45, 2.75) is 38.1 Å². The van der Waals surface area contributed by atoms with Gasteiger partial charge in [0.05, 0.1) is 11.0 Å². The summed E-state index contributed by atoms with van der Waals surface area (Å²) in [5, 5.41) is 5.48. The van der Waals surface area contributed by atoms with E-state index in [4.69, 9.17) is 0 Å². The fourth-order valence-corrected chi connectivity index (χ4v) is 4.89. The molecule has 3 heterocycles. The van der Waals surface area contributed by atoms with Crippen molar-refractivity contribution in [1.29, 1.82) is 0 Å². The zero-order valence-corrected chi connectivity index (χ0v) is 17.1. The molecule has 0 aliphatic carbocycles. The summed E-state index contributed by atoms with van der Waals surface area (Å²) < 4.78 is 3.07. The van der Waals surface area contributed by atoms with Gasteiger partial charge in [-0.1, -0.05) is 6.42 Å². The Bertz CT molecular complexity index is 990. The highest BCUT2D eigenvalue weighted by molar-refractivity contribution is 6.39. The number of amides is 2. The van der Waals surface area contributed by atoms with E-state index in [-0.39, 0.29) is 5.69 Å². The predicted molar refractivity (Wildman–Crippen MR) is 112 cm³/mol. The number of rotatable bonds is 3. The van der Waals surface area contributed by atoms with Gasteiger partial charge in [-0.25, -0.2) is 4.79 Å². The van der Waals surface area contributed by atoms with Crippen LogP contribution in [-0.4, -0.2) is 51.5 Å². The third kappa shape index (κ3) is 3.81. The zero-order chi connectivity index (χ0) is 20.5. The number of piperidine rings is 2. The molecule has 4 rings (SSSR count). The van der Waals surface area contributed by atoms with E-state index in [0.29, 0.717) is 29.7 Å². The largest absolute Gasteiger partial charge is 0.347 e. The lowest BCUT2D eigenvalue weighted by molar-refractivity contribution is -0.136. The van der Waals surface area contributed by atoms with Crippen LogP contribution in [0.2, 0.25) is 0 Å². The van der Waals surface area contributed by atoms with Crippen LogP contribution in [0.3, 0.4) is 0 Å². The first kappa shape index (κ1) is 19.7. The Labute approximate surface area is 169 Å². The Hall–Kier alpha value is -2.61. The molecule has 0 spiro atoms. The molecule has 29 heavy (non-hydrogen) atoms. The lowest BCUT2D eigenvalue weighted by Gasteiger charge is -2.44. The summed E-state index contributed by atoms with van der Waals surface area (Å²) >= 11 is 0. The summed E-state index contributed by atoms with van der Waals surface area (Å²) in [6.07, 6.45) is 5.94. The Morgan fingerprint density at radius 3 is 2.59 bits per heavy atom. The van der Waals surface area contributed by atoms with Crippen molar-refractivity contribution in [3.05, 3.63) is 28.7 Å². The van der Waals surface area contributed by atoms with Gasteiger partial charge in [0, 0.05) is 32.4 Å². The van der Waals surface area contributed by atoms with Gasteiger partial charge in [-0.05, 0) is 62.9 Å². The number of hydrogen-bond donors (Lipinski definition) is 2. The van der Waals surface area contributed by atoms with Gasteiger partial charge >= 0.3 is 17.5 Å². The van der Waals surface area contributed by atoms with Gasteiger partial charge in [0.25, 0.3) is 0 Å². The topological polar surface area (TPSA) is 88.4 Å². The molecule has 2 aliphatic rings. The number of aromatic nitrogens is 2. The highest BCUT2D eigenvalue weighted by atomic mass is 16.2. The zero-order valence-electron chi connectivity index (χ0n) is 17.1. The molecular formula is C21H29N5O3. The van der Waals surface area contributed by atoms with Crippen LogP contribution >= 0.6 is 0 Å². The predicted octanol–water partition coefficient (Wildman–Crippen LogP) is 1.20. The number of carbonyl (C=O) groups excluding carboxylic acids is 2. The fourth-order valence-electron chi connectivity index (χ4n) is 4.89. The van der Waals surface area contributed by atoms with Crippen molar-refractivity contribution < 1.29 is 9.59 Å². The normalized spacial score (nSPS) is 22.3. The molecule has 0 saturated carbocycles. The van der Waals surface area contributed by atoms with Gasteiger partial charge in [0.1, 0.15) is 0 Å². The second-order valence-corrected chi connectivity index (χ2v) is 8.27. The first-order valence-corrected chi connectivity index (χ1v) is 10.4. The molecule has 156 valence electrons. The molecule has 8 heteroatoms. The number of nitrogens with zero attached hydrogens (tertiary/aromatic N) is 3. The van der Waals surface area contributed by atoms with E-state index in [2.05, 4.69) is 15.5 Å². The number of fused-ring (bicyclic) bond motifs is 2. The first-order valence-electron chi connectivity index (χ1n) is 10.4. The van der Waals surface area contributed by atoms with Crippen LogP contribution in [0.15, 0.2) is 23.0 Å². The third-order valence-corrected chi connectivity index (χ3v) is 6.49. The Kier molecular flexibility index (Phi) is 5.45. The average molecular weight is 399 g/mol. The molecule has 0 bridgehead atoms. The van der Waals surface area contributed by atoms with Crippen molar-refractivity contribution in [2.24, 2.45) is 20.0 Å². The Morgan fingerprint density at radius 2 is 1.76 bits per heavy atom. The maximum atomic E-state index is 12.4. The second kappa shape index (κ2) is 8.02. The SMILES string of the molecule is Cn1c(=O)n(C)c2cc(NC(=O)C(=O)NC[C@@H]3CCCN4CCCC[C@H]34)ccc21. The van der Waals surface area contributed by atoms with Gasteiger partial charge < -0.3 is 15.5 Å². The third-order valence-electron chi connectivity index (χ3n) is 6.49. The highest BCUT2D eigenvalue weighted by Crippen LogP contribution is 2.30. The summed E-state index contributed by atoms with van der Waals surface area (Å²) in [5.41, 5.74) is 1.84. The average Bonchev–Trinajstić information content (AvgIpc) is 2.95. The van der Waals surface area contributed by atoms with Gasteiger partial charge in [-0.3, -0.25) is 18.7 Å². The molecule has 2 atom stereocenters. The maximum absolute atomic E-state index is 12.4. The summed E-state index contributed by atoms with van der Waals surface area (Å²) in [5.74, 6) is -0.877. The van der Waals surface area contributed by atoms with E-state index in [1.54, 1.807) is 36.9 Å². The van der Waals surface area contributed by atoms with Crippen LogP contribution in [0.4, 0.5) is 5.69 Å². The van der Waals surface area contributed by atoms with E-state index < -0.39 is 11.8 Å². The van der Waals surface area contributed by atoms with Gasteiger partial charge in [-0.2, -0.15) is 0 Å². The van der Waals surface area contributed by atoms with E-state index >= 15 is 0 Å². The summed E-state index contributed by atoms with van der Waals surface area (Å²) in [4.78, 5) is 39.3. The van der Waals surface area contributed by atoms with E-state index in [1.165, 1.54) is 23.8 Å². The smallest absolute Gasteiger partial charge is 0.328 e. The van der Waals surface area contributed by atoms with E-state index in [0.717, 1.165) is 31.4 Å². The number of hydrogen-bond acceptors (Lipinski definition) is 4. The Balaban J connectivity index is 1.37. The van der Waals surface area contributed by atoms with Crippen LogP contribution in [0.25, 0.3) is 11.0 Å². The van der Waals surface area contributed by atoms with Crippen molar-refractivity contribution in [2.75, 3.05) is 25.0 Å². The van der Waals surface area contributed by atoms with Crippen molar-refractivity contribution >= 4 is 28.5 Å². The van der Waals surface area contributed by atoms with Gasteiger partial charge in [0.15, 0.2) is 0 Å². The molecule has 0 unspecified atom stereocenters. The molecule has 1 aromatic heterocycles. The molecule has 2 amide bonds. The number of carbonyl (C=O) groups is 2. The molecule has 0 radical (unpaired) electrons. The maximum Gasteiger partial charge on any atom is 0.328 e. The number of imidazole rings is 1. The molecule has 1 aromatic carbocycles. The molecule has 8 nitrogen and oxygen atoms in total. The van der Waals surface area contributed by atoms with E-state index in [9.17, 15) is 14.4 Å². The van der Waals surface area contributed by atoms with Crippen LogP contribution in [0.5, 0.6) is 0 Å². The minimum atomic E-state index is -0.679. The van der Waals surface area contributed by atoms with Crippen LogP contribution in [0.1, 0.15) is 32.1 Å².